The summed E-state index contributed by atoms with van der Waals surface area (Å²) in [4.78, 5) is 5.29. The molecule has 0 radical (unpaired) electrons. The molecule has 0 unspecified atom stereocenters. The van der Waals surface area contributed by atoms with E-state index in [0.29, 0.717) is 20.9 Å². The van der Waals surface area contributed by atoms with Crippen LogP contribution in [0, 0.1) is 6.92 Å². The number of nitrogens with two attached hydrogens (primary N) is 1. The van der Waals surface area contributed by atoms with Crippen molar-refractivity contribution in [3.05, 3.63) is 45.9 Å². The molecule has 0 aliphatic rings. The predicted molar refractivity (Wildman–Crippen MR) is 74.0 cm³/mol. The van der Waals surface area contributed by atoms with Crippen molar-refractivity contribution >= 4 is 40.8 Å². The molecule has 0 atom stereocenters. The number of benzene rings is 1. The molecule has 0 saturated carbocycles. The van der Waals surface area contributed by atoms with E-state index in [1.807, 2.05) is 31.2 Å². The highest BCUT2D eigenvalue weighted by Crippen LogP contribution is 2.36. The second-order valence-corrected chi connectivity index (χ2v) is 5.36. The Bertz CT molecular complexity index is 558. The first-order valence-electron chi connectivity index (χ1n) is 4.93. The predicted octanol–water partition coefficient (Wildman–Crippen LogP) is 4.43. The van der Waals surface area contributed by atoms with Crippen molar-refractivity contribution in [2.24, 2.45) is 0 Å². The lowest BCUT2D eigenvalue weighted by Gasteiger charge is -2.07. The molecule has 1 aromatic carbocycles. The second kappa shape index (κ2) is 5.17. The molecule has 0 bridgehead atoms. The largest absolute Gasteiger partial charge is 0.382 e. The summed E-state index contributed by atoms with van der Waals surface area (Å²) in [6.45, 7) is 2.04. The Balaban J connectivity index is 2.37. The third-order valence-corrected chi connectivity index (χ3v) is 4.11. The summed E-state index contributed by atoms with van der Waals surface area (Å²) in [7, 11) is 0. The van der Waals surface area contributed by atoms with Gasteiger partial charge >= 0.3 is 0 Å². The monoisotopic (exact) mass is 284 g/mol. The molecule has 2 nitrogen and oxygen atoms in total. The Morgan fingerprint density at radius 3 is 2.59 bits per heavy atom. The van der Waals surface area contributed by atoms with Crippen molar-refractivity contribution in [1.29, 1.82) is 0 Å². The minimum absolute atomic E-state index is 0.298. The first kappa shape index (κ1) is 12.6. The molecule has 1 heterocycles. The smallest absolute Gasteiger partial charge is 0.143 e. The van der Waals surface area contributed by atoms with E-state index in [9.17, 15) is 0 Å². The molecule has 1 aromatic heterocycles. The van der Waals surface area contributed by atoms with Crippen LogP contribution in [-0.2, 0) is 0 Å². The molecule has 2 aromatic rings. The Hall–Kier alpha value is -0.900. The summed E-state index contributed by atoms with van der Waals surface area (Å²) >= 11 is 13.4. The fourth-order valence-electron chi connectivity index (χ4n) is 1.31. The van der Waals surface area contributed by atoms with Crippen molar-refractivity contribution in [2.75, 3.05) is 5.73 Å². The number of nitrogen functional groups attached to an aromatic ring is 1. The highest BCUT2D eigenvalue weighted by molar-refractivity contribution is 7.99. The van der Waals surface area contributed by atoms with E-state index in [4.69, 9.17) is 28.9 Å². The quantitative estimate of drug-likeness (QED) is 0.887. The molecule has 17 heavy (non-hydrogen) atoms. The number of pyridine rings is 1. The van der Waals surface area contributed by atoms with Crippen LogP contribution in [0.1, 0.15) is 5.56 Å². The molecule has 2 rings (SSSR count). The zero-order valence-corrected chi connectivity index (χ0v) is 11.4. The number of hydrogen-bond donors (Lipinski definition) is 1. The summed E-state index contributed by atoms with van der Waals surface area (Å²) < 4.78 is 0. The molecule has 88 valence electrons. The Labute approximate surface area is 114 Å². The lowest BCUT2D eigenvalue weighted by atomic mass is 10.2. The van der Waals surface area contributed by atoms with Gasteiger partial charge < -0.3 is 5.73 Å². The van der Waals surface area contributed by atoms with Crippen molar-refractivity contribution < 1.29 is 0 Å². The zero-order valence-electron chi connectivity index (χ0n) is 9.08. The zero-order chi connectivity index (χ0) is 12.4. The van der Waals surface area contributed by atoms with Gasteiger partial charge in [-0.1, -0.05) is 53.2 Å². The van der Waals surface area contributed by atoms with Gasteiger partial charge in [0.15, 0.2) is 0 Å². The van der Waals surface area contributed by atoms with Gasteiger partial charge in [0, 0.05) is 4.90 Å². The maximum absolute atomic E-state index is 6.08. The summed E-state index contributed by atoms with van der Waals surface area (Å²) in [6, 6.07) is 9.64. The summed E-state index contributed by atoms with van der Waals surface area (Å²) in [5.41, 5.74) is 6.84. The molecule has 0 spiro atoms. The first-order valence-corrected chi connectivity index (χ1v) is 6.50. The highest BCUT2D eigenvalue weighted by atomic mass is 35.5. The third-order valence-electron chi connectivity index (χ3n) is 2.22. The maximum atomic E-state index is 6.08. The van der Waals surface area contributed by atoms with Gasteiger partial charge in [-0.15, -0.1) is 0 Å². The molecule has 0 aliphatic heterocycles. The van der Waals surface area contributed by atoms with E-state index in [0.717, 1.165) is 4.90 Å². The number of halogens is 2. The average Bonchev–Trinajstić information content (AvgIpc) is 2.29. The lowest BCUT2D eigenvalue weighted by molar-refractivity contribution is 1.14. The molecular formula is C12H10Cl2N2S. The Morgan fingerprint density at radius 1 is 1.18 bits per heavy atom. The number of rotatable bonds is 2. The van der Waals surface area contributed by atoms with E-state index >= 15 is 0 Å². The van der Waals surface area contributed by atoms with Crippen LogP contribution in [0.15, 0.2) is 40.3 Å². The van der Waals surface area contributed by atoms with Crippen LogP contribution in [0.4, 0.5) is 5.82 Å². The van der Waals surface area contributed by atoms with E-state index in [2.05, 4.69) is 4.98 Å². The van der Waals surface area contributed by atoms with Gasteiger partial charge in [-0.25, -0.2) is 4.98 Å². The van der Waals surface area contributed by atoms with Crippen molar-refractivity contribution in [3.63, 3.8) is 0 Å². The Morgan fingerprint density at radius 2 is 1.88 bits per heavy atom. The van der Waals surface area contributed by atoms with Crippen LogP contribution in [0.5, 0.6) is 0 Å². The fourth-order valence-corrected chi connectivity index (χ4v) is 2.67. The second-order valence-electron chi connectivity index (χ2n) is 3.51. The van der Waals surface area contributed by atoms with Crippen LogP contribution >= 0.6 is 35.0 Å². The van der Waals surface area contributed by atoms with Crippen molar-refractivity contribution in [3.8, 4) is 0 Å². The average molecular weight is 285 g/mol. The van der Waals surface area contributed by atoms with Crippen LogP contribution in [-0.4, -0.2) is 4.98 Å². The minimum Gasteiger partial charge on any atom is -0.382 e. The Kier molecular flexibility index (Phi) is 3.82. The number of anilines is 1. The van der Waals surface area contributed by atoms with Gasteiger partial charge in [-0.2, -0.15) is 0 Å². The minimum atomic E-state index is 0.298. The van der Waals surface area contributed by atoms with Gasteiger partial charge in [-0.3, -0.25) is 0 Å². The molecule has 0 saturated heterocycles. The third kappa shape index (κ3) is 2.86. The molecule has 0 aliphatic carbocycles. The fraction of sp³-hybridized carbons (Fsp3) is 0.0833. The van der Waals surface area contributed by atoms with Gasteiger partial charge in [0.05, 0.1) is 10.0 Å². The van der Waals surface area contributed by atoms with Crippen LogP contribution in [0.2, 0.25) is 10.0 Å². The molecule has 0 fully saturated rings. The lowest BCUT2D eigenvalue weighted by Crippen LogP contribution is -1.93. The highest BCUT2D eigenvalue weighted by Gasteiger charge is 2.09. The normalized spacial score (nSPS) is 10.5. The van der Waals surface area contributed by atoms with Gasteiger partial charge in [0.2, 0.25) is 0 Å². The summed E-state index contributed by atoms with van der Waals surface area (Å²) in [5, 5.41) is 1.56. The standard InChI is InChI=1S/C12H10Cl2N2S/c1-7-4-2-3-5-10(7)17-12-9(14)6-8(13)11(15)16-12/h2-6H,1H3,(H2,15,16). The molecular weight excluding hydrogens is 275 g/mol. The van der Waals surface area contributed by atoms with Crippen LogP contribution in [0.3, 0.4) is 0 Å². The molecule has 5 heteroatoms. The SMILES string of the molecule is Cc1ccccc1Sc1nc(N)c(Cl)cc1Cl. The molecule has 2 N–H and O–H groups in total. The summed E-state index contributed by atoms with van der Waals surface area (Å²) in [6.07, 6.45) is 0. The topological polar surface area (TPSA) is 38.9 Å². The van der Waals surface area contributed by atoms with Crippen LogP contribution in [0.25, 0.3) is 0 Å². The van der Waals surface area contributed by atoms with E-state index in [1.165, 1.54) is 17.3 Å². The van der Waals surface area contributed by atoms with E-state index < -0.39 is 0 Å². The number of aryl methyl sites for hydroxylation is 1. The van der Waals surface area contributed by atoms with Gasteiger partial charge in [-0.05, 0) is 24.6 Å². The van der Waals surface area contributed by atoms with Crippen molar-refractivity contribution in [2.45, 2.75) is 16.8 Å². The molecule has 0 amide bonds. The number of nitrogens with zero attached hydrogens (tertiary/aromatic N) is 1. The number of aromatic nitrogens is 1. The van der Waals surface area contributed by atoms with E-state index in [1.54, 1.807) is 6.07 Å². The first-order chi connectivity index (χ1) is 8.08. The van der Waals surface area contributed by atoms with Crippen molar-refractivity contribution in [1.82, 2.24) is 4.98 Å². The number of hydrogen-bond acceptors (Lipinski definition) is 3. The summed E-state index contributed by atoms with van der Waals surface area (Å²) in [5.74, 6) is 0.298. The van der Waals surface area contributed by atoms with E-state index in [-0.39, 0.29) is 0 Å². The van der Waals surface area contributed by atoms with Crippen LogP contribution < -0.4 is 5.73 Å². The van der Waals surface area contributed by atoms with Gasteiger partial charge in [0.1, 0.15) is 10.8 Å². The van der Waals surface area contributed by atoms with Gasteiger partial charge in [0.25, 0.3) is 0 Å². The maximum Gasteiger partial charge on any atom is 0.143 e.